The molecule has 1 nitrogen and oxygen atoms in total. The van der Waals surface area contributed by atoms with Gasteiger partial charge < -0.3 is 5.32 Å². The van der Waals surface area contributed by atoms with E-state index in [9.17, 15) is 0 Å². The molecule has 0 amide bonds. The number of hydrogen-bond donors (Lipinski definition) is 1. The Morgan fingerprint density at radius 2 is 0.824 bits per heavy atom. The van der Waals surface area contributed by atoms with Crippen LogP contribution in [0.1, 0.15) is 122 Å². The summed E-state index contributed by atoms with van der Waals surface area (Å²) in [7, 11) is 0. The molecule has 51 heavy (non-hydrogen) atoms. The number of anilines is 2. The normalized spacial score (nSPS) is 18.7. The molecule has 6 aromatic carbocycles. The Labute approximate surface area is 302 Å². The van der Waals surface area contributed by atoms with Crippen molar-refractivity contribution in [2.45, 2.75) is 87.9 Å². The third-order valence-corrected chi connectivity index (χ3v) is 13.8. The van der Waals surface area contributed by atoms with Gasteiger partial charge in [0.05, 0.1) is 5.41 Å². The van der Waals surface area contributed by atoms with Crippen molar-refractivity contribution < 1.29 is 0 Å². The summed E-state index contributed by atoms with van der Waals surface area (Å²) in [6, 6.07) is 47.7. The molecule has 2 fully saturated rings. The second-order valence-electron chi connectivity index (χ2n) is 16.7. The van der Waals surface area contributed by atoms with E-state index in [2.05, 4.69) is 140 Å². The summed E-state index contributed by atoms with van der Waals surface area (Å²) in [5.41, 5.74) is 22.0. The zero-order valence-corrected chi connectivity index (χ0v) is 29.9. The Kier molecular flexibility index (Phi) is 6.32. The number of rotatable bonds is 4. The maximum absolute atomic E-state index is 3.92. The van der Waals surface area contributed by atoms with Crippen molar-refractivity contribution in [2.24, 2.45) is 0 Å². The van der Waals surface area contributed by atoms with Gasteiger partial charge in [0.15, 0.2) is 0 Å². The Bertz CT molecular complexity index is 2330. The van der Waals surface area contributed by atoms with Gasteiger partial charge in [-0.15, -0.1) is 0 Å². The summed E-state index contributed by atoms with van der Waals surface area (Å²) >= 11 is 0. The van der Waals surface area contributed by atoms with Crippen LogP contribution in [0.4, 0.5) is 11.4 Å². The first-order valence-corrected chi connectivity index (χ1v) is 19.6. The molecule has 0 radical (unpaired) electrons. The van der Waals surface area contributed by atoms with Gasteiger partial charge in [-0.3, -0.25) is 0 Å². The second kappa shape index (κ2) is 10.8. The van der Waals surface area contributed by atoms with Crippen molar-refractivity contribution in [1.82, 2.24) is 0 Å². The Morgan fingerprint density at radius 3 is 1.39 bits per heavy atom. The molecule has 1 N–H and O–H groups in total. The van der Waals surface area contributed by atoms with Gasteiger partial charge in [0.1, 0.15) is 0 Å². The lowest BCUT2D eigenvalue weighted by Crippen LogP contribution is -2.26. The summed E-state index contributed by atoms with van der Waals surface area (Å²) < 4.78 is 0. The van der Waals surface area contributed by atoms with E-state index in [1.54, 1.807) is 0 Å². The third kappa shape index (κ3) is 4.10. The molecule has 6 aromatic rings. The molecular formula is C50H45N. The van der Waals surface area contributed by atoms with Crippen LogP contribution in [0.15, 0.2) is 121 Å². The molecule has 0 heterocycles. The molecule has 1 spiro atoms. The van der Waals surface area contributed by atoms with Crippen molar-refractivity contribution >= 4 is 11.4 Å². The molecule has 0 aromatic heterocycles. The van der Waals surface area contributed by atoms with Crippen molar-refractivity contribution in [3.05, 3.63) is 166 Å². The van der Waals surface area contributed by atoms with Crippen LogP contribution in [-0.2, 0) is 10.8 Å². The minimum Gasteiger partial charge on any atom is -0.356 e. The zero-order chi connectivity index (χ0) is 33.9. The fourth-order valence-electron chi connectivity index (χ4n) is 11.3. The Morgan fingerprint density at radius 1 is 0.412 bits per heavy atom. The first kappa shape index (κ1) is 29.8. The first-order chi connectivity index (χ1) is 25.0. The molecule has 0 unspecified atom stereocenters. The van der Waals surface area contributed by atoms with Gasteiger partial charge in [-0.05, 0) is 140 Å². The lowest BCUT2D eigenvalue weighted by molar-refractivity contribution is 0.660. The molecule has 5 aliphatic rings. The van der Waals surface area contributed by atoms with Gasteiger partial charge in [0.2, 0.25) is 0 Å². The zero-order valence-electron chi connectivity index (χ0n) is 29.9. The monoisotopic (exact) mass is 659 g/mol. The largest absolute Gasteiger partial charge is 0.356 e. The third-order valence-electron chi connectivity index (χ3n) is 13.8. The highest BCUT2D eigenvalue weighted by Crippen LogP contribution is 2.64. The predicted octanol–water partition coefficient (Wildman–Crippen LogP) is 13.4. The highest BCUT2D eigenvalue weighted by molar-refractivity contribution is 5.96. The van der Waals surface area contributed by atoms with E-state index in [1.165, 1.54) is 129 Å². The van der Waals surface area contributed by atoms with Gasteiger partial charge in [0.25, 0.3) is 0 Å². The second-order valence-corrected chi connectivity index (χ2v) is 16.7. The van der Waals surface area contributed by atoms with Crippen molar-refractivity contribution in [2.75, 3.05) is 5.32 Å². The number of hydrogen-bond acceptors (Lipinski definition) is 1. The first-order valence-electron chi connectivity index (χ1n) is 19.6. The maximum Gasteiger partial charge on any atom is 0.0726 e. The quantitative estimate of drug-likeness (QED) is 0.198. The van der Waals surface area contributed by atoms with Gasteiger partial charge in [-0.2, -0.15) is 0 Å². The number of benzene rings is 6. The average molecular weight is 660 g/mol. The smallest absolute Gasteiger partial charge is 0.0726 e. The highest BCUT2D eigenvalue weighted by atomic mass is 14.9. The molecular weight excluding hydrogens is 615 g/mol. The van der Waals surface area contributed by atoms with Crippen LogP contribution in [-0.4, -0.2) is 0 Å². The standard InChI is InChI=1S/C50H45N/c1-49(2)43-17-9-7-15-37(43)39-25-21-35(29-45(39)49)51-36-22-26-42-38-16-8-10-18-44(38)50(48(42)30-36)46-27-33(31-11-3-4-12-31)19-23-40(46)41-24-20-34(28-47(41)50)32-13-5-6-14-32/h7-10,15-32,51H,3-6,11-14H2,1-2H3. The van der Waals surface area contributed by atoms with Crippen molar-refractivity contribution in [3.63, 3.8) is 0 Å². The summed E-state index contributed by atoms with van der Waals surface area (Å²) in [6.45, 7) is 4.74. The van der Waals surface area contributed by atoms with Crippen LogP contribution in [0.25, 0.3) is 33.4 Å². The molecule has 0 atom stereocenters. The van der Waals surface area contributed by atoms with E-state index in [0.717, 1.165) is 11.4 Å². The van der Waals surface area contributed by atoms with Crippen molar-refractivity contribution in [1.29, 1.82) is 0 Å². The minimum atomic E-state index is -0.334. The van der Waals surface area contributed by atoms with Gasteiger partial charge in [0, 0.05) is 16.8 Å². The van der Waals surface area contributed by atoms with Gasteiger partial charge in [-0.1, -0.05) is 137 Å². The number of nitrogens with one attached hydrogen (secondary N) is 1. The molecule has 0 bridgehead atoms. The lowest BCUT2D eigenvalue weighted by atomic mass is 9.69. The predicted molar refractivity (Wildman–Crippen MR) is 212 cm³/mol. The molecule has 5 aliphatic carbocycles. The lowest BCUT2D eigenvalue weighted by Gasteiger charge is -2.32. The maximum atomic E-state index is 3.92. The van der Waals surface area contributed by atoms with Crippen LogP contribution in [0.5, 0.6) is 0 Å². The summed E-state index contributed by atoms with van der Waals surface area (Å²) in [5, 5.41) is 3.92. The number of fused-ring (bicyclic) bond motifs is 13. The molecule has 2 saturated carbocycles. The van der Waals surface area contributed by atoms with E-state index in [0.29, 0.717) is 11.8 Å². The van der Waals surface area contributed by atoms with Gasteiger partial charge >= 0.3 is 0 Å². The van der Waals surface area contributed by atoms with E-state index in [-0.39, 0.29) is 10.8 Å². The molecule has 0 aliphatic heterocycles. The van der Waals surface area contributed by atoms with Crippen molar-refractivity contribution in [3.8, 4) is 33.4 Å². The summed E-state index contributed by atoms with van der Waals surface area (Å²) in [6.07, 6.45) is 10.7. The fraction of sp³-hybridized carbons (Fsp3) is 0.280. The van der Waals surface area contributed by atoms with Crippen LogP contribution in [0, 0.1) is 0 Å². The summed E-state index contributed by atoms with van der Waals surface area (Å²) in [5.74, 6) is 1.34. The van der Waals surface area contributed by atoms with Crippen LogP contribution >= 0.6 is 0 Å². The molecule has 0 saturated heterocycles. The van der Waals surface area contributed by atoms with Crippen LogP contribution in [0.3, 0.4) is 0 Å². The van der Waals surface area contributed by atoms with Crippen LogP contribution in [0.2, 0.25) is 0 Å². The fourth-order valence-corrected chi connectivity index (χ4v) is 11.3. The van der Waals surface area contributed by atoms with Crippen LogP contribution < -0.4 is 5.32 Å². The molecule has 11 rings (SSSR count). The Balaban J connectivity index is 1.10. The minimum absolute atomic E-state index is 0.0292. The van der Waals surface area contributed by atoms with E-state index < -0.39 is 0 Å². The Hall–Kier alpha value is -4.88. The van der Waals surface area contributed by atoms with Gasteiger partial charge in [-0.25, -0.2) is 0 Å². The van der Waals surface area contributed by atoms with E-state index in [4.69, 9.17) is 0 Å². The van der Waals surface area contributed by atoms with E-state index >= 15 is 0 Å². The average Bonchev–Trinajstić information content (AvgIpc) is 4.01. The summed E-state index contributed by atoms with van der Waals surface area (Å²) in [4.78, 5) is 0. The SMILES string of the molecule is CC1(C)c2ccccc2-c2ccc(Nc3ccc4c(c3)C3(c5ccccc5-4)c4cc(C5CCCC5)ccc4-c4ccc(C5CCCC5)cc43)cc21. The highest BCUT2D eigenvalue weighted by Gasteiger charge is 2.52. The molecule has 250 valence electrons. The topological polar surface area (TPSA) is 12.0 Å². The van der Waals surface area contributed by atoms with E-state index in [1.807, 2.05) is 0 Å². The molecule has 1 heteroatoms.